The molecule has 0 heterocycles. The van der Waals surface area contributed by atoms with Gasteiger partial charge in [0.05, 0.1) is 0 Å². The van der Waals surface area contributed by atoms with E-state index >= 15 is 0 Å². The summed E-state index contributed by atoms with van der Waals surface area (Å²) in [5.74, 6) is 2.11. The van der Waals surface area contributed by atoms with Gasteiger partial charge < -0.3 is 5.32 Å². The van der Waals surface area contributed by atoms with Crippen LogP contribution in [-0.4, -0.2) is 12.1 Å². The summed E-state index contributed by atoms with van der Waals surface area (Å²) in [6.07, 6.45) is 7.28. The highest BCUT2D eigenvalue weighted by atomic mass is 15.0. The van der Waals surface area contributed by atoms with Crippen LogP contribution in [-0.2, 0) is 0 Å². The molecule has 2 rings (SSSR count). The fraction of sp³-hybridized carbons (Fsp3) is 1.00. The summed E-state index contributed by atoms with van der Waals surface area (Å²) in [6, 6.07) is 1.60. The van der Waals surface area contributed by atoms with E-state index in [9.17, 15) is 0 Å². The number of fused-ring (bicyclic) bond motifs is 2. The maximum absolute atomic E-state index is 3.76. The molecule has 0 amide bonds. The largest absolute Gasteiger partial charge is 0.311 e. The fourth-order valence-electron chi connectivity index (χ4n) is 2.93. The third-order valence-corrected chi connectivity index (χ3v) is 3.85. The Morgan fingerprint density at radius 2 is 2.17 bits per heavy atom. The van der Waals surface area contributed by atoms with Gasteiger partial charge in [0.2, 0.25) is 0 Å². The van der Waals surface area contributed by atoms with Crippen LogP contribution in [0.3, 0.4) is 0 Å². The topological polar surface area (TPSA) is 12.0 Å². The van der Waals surface area contributed by atoms with Crippen molar-refractivity contribution in [3.8, 4) is 0 Å². The summed E-state index contributed by atoms with van der Waals surface area (Å²) in [5.41, 5.74) is 0. The molecule has 1 heteroatoms. The summed E-state index contributed by atoms with van der Waals surface area (Å²) in [4.78, 5) is 0. The highest BCUT2D eigenvalue weighted by Crippen LogP contribution is 2.44. The van der Waals surface area contributed by atoms with Gasteiger partial charge in [-0.15, -0.1) is 0 Å². The van der Waals surface area contributed by atoms with E-state index in [0.717, 1.165) is 23.9 Å². The van der Waals surface area contributed by atoms with Crippen LogP contribution in [0.2, 0.25) is 0 Å². The third-order valence-electron chi connectivity index (χ3n) is 3.85. The number of rotatable bonds is 3. The minimum Gasteiger partial charge on any atom is -0.311 e. The Labute approximate surface area is 75.9 Å². The van der Waals surface area contributed by atoms with Crippen LogP contribution < -0.4 is 5.32 Å². The van der Waals surface area contributed by atoms with Gasteiger partial charge in [-0.1, -0.05) is 13.3 Å². The molecule has 0 unspecified atom stereocenters. The van der Waals surface area contributed by atoms with Crippen LogP contribution in [0.5, 0.6) is 0 Å². The Balaban J connectivity index is 1.82. The van der Waals surface area contributed by atoms with Crippen molar-refractivity contribution in [1.29, 1.82) is 0 Å². The van der Waals surface area contributed by atoms with Crippen molar-refractivity contribution in [2.75, 3.05) is 0 Å². The first-order valence-electron chi connectivity index (χ1n) is 5.55. The first-order valence-corrected chi connectivity index (χ1v) is 5.55. The zero-order chi connectivity index (χ0) is 8.55. The summed E-state index contributed by atoms with van der Waals surface area (Å²) in [5, 5.41) is 3.76. The summed E-state index contributed by atoms with van der Waals surface area (Å²) >= 11 is 0. The molecule has 2 saturated carbocycles. The van der Waals surface area contributed by atoms with Crippen LogP contribution >= 0.6 is 0 Å². The fourth-order valence-corrected chi connectivity index (χ4v) is 2.93. The van der Waals surface area contributed by atoms with E-state index in [1.54, 1.807) is 0 Å². The molecule has 0 aromatic rings. The quantitative estimate of drug-likeness (QED) is 0.681. The second-order valence-corrected chi connectivity index (χ2v) is 4.76. The summed E-state index contributed by atoms with van der Waals surface area (Å²) < 4.78 is 0. The Hall–Kier alpha value is -0.0400. The zero-order valence-electron chi connectivity index (χ0n) is 8.34. The maximum atomic E-state index is 3.76. The van der Waals surface area contributed by atoms with E-state index < -0.39 is 0 Å². The van der Waals surface area contributed by atoms with Crippen LogP contribution in [0.4, 0.5) is 0 Å². The normalized spacial score (nSPS) is 42.0. The molecule has 1 nitrogen and oxygen atoms in total. The van der Waals surface area contributed by atoms with Crippen molar-refractivity contribution in [1.82, 2.24) is 5.32 Å². The van der Waals surface area contributed by atoms with Gasteiger partial charge >= 0.3 is 0 Å². The van der Waals surface area contributed by atoms with E-state index in [1.807, 2.05) is 0 Å². The predicted molar refractivity (Wildman–Crippen MR) is 52.1 cm³/mol. The first-order chi connectivity index (χ1) is 5.79. The Kier molecular flexibility index (Phi) is 2.40. The molecule has 0 aliphatic heterocycles. The molecule has 0 radical (unpaired) electrons. The van der Waals surface area contributed by atoms with Crippen molar-refractivity contribution in [3.63, 3.8) is 0 Å². The molecular formula is C11H21N. The Morgan fingerprint density at radius 3 is 2.67 bits per heavy atom. The molecule has 0 aromatic heterocycles. The lowest BCUT2D eigenvalue weighted by molar-refractivity contribution is 0.321. The standard InChI is InChI=1S/C11H21N/c1-3-8(2)12-11-7-9-4-5-10(11)6-9/h8-12H,3-7H2,1-2H3/t8-,9+,10+,11-/m0/s1. The van der Waals surface area contributed by atoms with Crippen molar-refractivity contribution in [3.05, 3.63) is 0 Å². The Morgan fingerprint density at radius 1 is 1.33 bits per heavy atom. The van der Waals surface area contributed by atoms with Crippen LogP contribution in [0.1, 0.15) is 46.0 Å². The lowest BCUT2D eigenvalue weighted by Gasteiger charge is -2.26. The molecule has 1 N–H and O–H groups in total. The maximum Gasteiger partial charge on any atom is 0.0100 e. The minimum absolute atomic E-state index is 0.731. The highest BCUT2D eigenvalue weighted by molar-refractivity contribution is 4.94. The smallest absolute Gasteiger partial charge is 0.0100 e. The highest BCUT2D eigenvalue weighted by Gasteiger charge is 2.39. The average molecular weight is 167 g/mol. The molecule has 12 heavy (non-hydrogen) atoms. The van der Waals surface area contributed by atoms with Crippen molar-refractivity contribution in [2.24, 2.45) is 11.8 Å². The number of hydrogen-bond donors (Lipinski definition) is 1. The SMILES string of the molecule is CC[C@H](C)N[C@H]1C[C@@H]2CC[C@@H]1C2. The van der Waals surface area contributed by atoms with E-state index in [2.05, 4.69) is 19.2 Å². The second kappa shape index (κ2) is 3.37. The van der Waals surface area contributed by atoms with E-state index in [1.165, 1.54) is 32.1 Å². The predicted octanol–water partition coefficient (Wildman–Crippen LogP) is 2.56. The van der Waals surface area contributed by atoms with E-state index in [4.69, 9.17) is 0 Å². The molecule has 0 spiro atoms. The average Bonchev–Trinajstić information content (AvgIpc) is 2.64. The van der Waals surface area contributed by atoms with Crippen molar-refractivity contribution >= 4 is 0 Å². The third kappa shape index (κ3) is 1.52. The summed E-state index contributed by atoms with van der Waals surface area (Å²) in [7, 11) is 0. The molecule has 2 aliphatic rings. The van der Waals surface area contributed by atoms with Crippen LogP contribution in [0, 0.1) is 11.8 Å². The summed E-state index contributed by atoms with van der Waals surface area (Å²) in [6.45, 7) is 4.58. The number of hydrogen-bond acceptors (Lipinski definition) is 1. The molecule has 2 bridgehead atoms. The van der Waals surface area contributed by atoms with Crippen molar-refractivity contribution < 1.29 is 0 Å². The van der Waals surface area contributed by atoms with Gasteiger partial charge in [-0.25, -0.2) is 0 Å². The van der Waals surface area contributed by atoms with Crippen LogP contribution in [0.15, 0.2) is 0 Å². The van der Waals surface area contributed by atoms with E-state index in [0.29, 0.717) is 0 Å². The van der Waals surface area contributed by atoms with Gasteiger partial charge in [-0.05, 0) is 44.4 Å². The molecular weight excluding hydrogens is 146 g/mol. The molecule has 4 atom stereocenters. The van der Waals surface area contributed by atoms with Gasteiger partial charge in [0.1, 0.15) is 0 Å². The molecule has 0 aromatic carbocycles. The lowest BCUT2D eigenvalue weighted by Crippen LogP contribution is -2.39. The number of nitrogens with one attached hydrogen (secondary N) is 1. The van der Waals surface area contributed by atoms with Crippen LogP contribution in [0.25, 0.3) is 0 Å². The second-order valence-electron chi connectivity index (χ2n) is 4.76. The molecule has 0 saturated heterocycles. The van der Waals surface area contributed by atoms with Gasteiger partial charge in [-0.2, -0.15) is 0 Å². The first kappa shape index (κ1) is 8.55. The molecule has 2 fully saturated rings. The van der Waals surface area contributed by atoms with Gasteiger partial charge in [0.25, 0.3) is 0 Å². The lowest BCUT2D eigenvalue weighted by atomic mass is 9.94. The van der Waals surface area contributed by atoms with E-state index in [-0.39, 0.29) is 0 Å². The Bertz CT molecular complexity index is 155. The van der Waals surface area contributed by atoms with Gasteiger partial charge in [0, 0.05) is 12.1 Å². The molecule has 70 valence electrons. The van der Waals surface area contributed by atoms with Gasteiger partial charge in [0.15, 0.2) is 0 Å². The van der Waals surface area contributed by atoms with Crippen molar-refractivity contribution in [2.45, 2.75) is 58.0 Å². The monoisotopic (exact) mass is 167 g/mol. The van der Waals surface area contributed by atoms with Gasteiger partial charge in [-0.3, -0.25) is 0 Å². The minimum atomic E-state index is 0.731. The molecule has 2 aliphatic carbocycles. The zero-order valence-corrected chi connectivity index (χ0v) is 8.34.